The zero-order valence-corrected chi connectivity index (χ0v) is 22.6. The Bertz CT molecular complexity index is 1290. The van der Waals surface area contributed by atoms with Crippen LogP contribution in [0.2, 0.25) is 5.02 Å². The standard InChI is InChI=1S/C28H32ClN3O4S/c1-30-28(34)26(19-22-11-5-3-6-12-22)31(21-23-13-7-4-8-14-23)27(33)17-10-18-32(37(2,35)36)25-16-9-15-24(29)20-25/h3-9,11-16,20,26H,10,17-19,21H2,1-2H3,(H,30,34). The van der Waals surface area contributed by atoms with Crippen molar-refractivity contribution < 1.29 is 18.0 Å². The van der Waals surface area contributed by atoms with Gasteiger partial charge in [0.15, 0.2) is 0 Å². The Morgan fingerprint density at radius 2 is 1.54 bits per heavy atom. The fourth-order valence-electron chi connectivity index (χ4n) is 4.14. The van der Waals surface area contributed by atoms with E-state index in [0.29, 0.717) is 17.1 Å². The van der Waals surface area contributed by atoms with Crippen LogP contribution >= 0.6 is 11.6 Å². The predicted octanol–water partition coefficient (Wildman–Crippen LogP) is 4.27. The van der Waals surface area contributed by atoms with Gasteiger partial charge >= 0.3 is 0 Å². The number of likely N-dealkylation sites (N-methyl/N-ethyl adjacent to an activating group) is 1. The molecule has 3 rings (SSSR count). The Kier molecular flexibility index (Phi) is 10.1. The van der Waals surface area contributed by atoms with Gasteiger partial charge in [0, 0.05) is 38.0 Å². The van der Waals surface area contributed by atoms with Crippen molar-refractivity contribution in [3.63, 3.8) is 0 Å². The number of nitrogens with zero attached hydrogens (tertiary/aromatic N) is 2. The minimum Gasteiger partial charge on any atom is -0.357 e. The third kappa shape index (κ3) is 8.33. The molecule has 0 bridgehead atoms. The van der Waals surface area contributed by atoms with Crippen LogP contribution < -0.4 is 9.62 Å². The second kappa shape index (κ2) is 13.3. The molecule has 1 atom stereocenters. The Balaban J connectivity index is 1.82. The zero-order valence-electron chi connectivity index (χ0n) is 21.0. The summed E-state index contributed by atoms with van der Waals surface area (Å²) in [6.07, 6.45) is 1.83. The minimum atomic E-state index is -3.59. The lowest BCUT2D eigenvalue weighted by Crippen LogP contribution is -2.49. The molecule has 0 fully saturated rings. The smallest absolute Gasteiger partial charge is 0.242 e. The quantitative estimate of drug-likeness (QED) is 0.371. The van der Waals surface area contributed by atoms with Crippen LogP contribution in [0, 0.1) is 0 Å². The van der Waals surface area contributed by atoms with Crippen molar-refractivity contribution in [2.75, 3.05) is 24.2 Å². The first kappa shape index (κ1) is 28.2. The number of hydrogen-bond donors (Lipinski definition) is 1. The lowest BCUT2D eigenvalue weighted by atomic mass is 10.0. The Morgan fingerprint density at radius 1 is 0.919 bits per heavy atom. The Hall–Kier alpha value is -3.36. The van der Waals surface area contributed by atoms with Gasteiger partial charge in [-0.1, -0.05) is 78.3 Å². The van der Waals surface area contributed by atoms with Gasteiger partial charge in [-0.25, -0.2) is 8.42 Å². The van der Waals surface area contributed by atoms with Gasteiger partial charge in [-0.3, -0.25) is 13.9 Å². The SMILES string of the molecule is CNC(=O)C(Cc1ccccc1)N(Cc1ccccc1)C(=O)CCCN(c1cccc(Cl)c1)S(C)(=O)=O. The molecule has 1 N–H and O–H groups in total. The number of anilines is 1. The highest BCUT2D eigenvalue weighted by atomic mass is 35.5. The number of carbonyl (C=O) groups is 2. The molecule has 0 aliphatic carbocycles. The van der Waals surface area contributed by atoms with Crippen molar-refractivity contribution >= 4 is 39.1 Å². The van der Waals surface area contributed by atoms with E-state index >= 15 is 0 Å². The maximum atomic E-state index is 13.6. The van der Waals surface area contributed by atoms with Crippen molar-refractivity contribution in [1.82, 2.24) is 10.2 Å². The van der Waals surface area contributed by atoms with Crippen LogP contribution in [-0.2, 0) is 32.6 Å². The second-order valence-electron chi connectivity index (χ2n) is 8.75. The van der Waals surface area contributed by atoms with E-state index in [0.717, 1.165) is 17.4 Å². The van der Waals surface area contributed by atoms with Gasteiger partial charge in [0.2, 0.25) is 21.8 Å². The van der Waals surface area contributed by atoms with E-state index in [9.17, 15) is 18.0 Å². The molecule has 0 heterocycles. The summed E-state index contributed by atoms with van der Waals surface area (Å²) in [6, 6.07) is 24.9. The normalized spacial score (nSPS) is 12.0. The Morgan fingerprint density at radius 3 is 2.11 bits per heavy atom. The third-order valence-corrected chi connectivity index (χ3v) is 7.39. The predicted molar refractivity (Wildman–Crippen MR) is 148 cm³/mol. The highest BCUT2D eigenvalue weighted by Gasteiger charge is 2.30. The van der Waals surface area contributed by atoms with E-state index in [1.165, 1.54) is 4.31 Å². The van der Waals surface area contributed by atoms with Gasteiger partial charge < -0.3 is 10.2 Å². The molecule has 3 aromatic carbocycles. The lowest BCUT2D eigenvalue weighted by Gasteiger charge is -2.31. The molecule has 0 aromatic heterocycles. The number of carbonyl (C=O) groups excluding carboxylic acids is 2. The molecule has 0 spiro atoms. The van der Waals surface area contributed by atoms with Crippen molar-refractivity contribution in [3.05, 3.63) is 101 Å². The summed E-state index contributed by atoms with van der Waals surface area (Å²) in [5.74, 6) is -0.488. The first-order valence-corrected chi connectivity index (χ1v) is 14.2. The van der Waals surface area contributed by atoms with Crippen molar-refractivity contribution in [2.24, 2.45) is 0 Å². The fourth-order valence-corrected chi connectivity index (χ4v) is 5.28. The number of hydrogen-bond acceptors (Lipinski definition) is 4. The molecule has 0 aliphatic rings. The molecule has 7 nitrogen and oxygen atoms in total. The zero-order chi connectivity index (χ0) is 26.8. The van der Waals surface area contributed by atoms with Gasteiger partial charge in [0.1, 0.15) is 6.04 Å². The van der Waals surface area contributed by atoms with Crippen LogP contribution in [0.15, 0.2) is 84.9 Å². The Labute approximate surface area is 224 Å². The lowest BCUT2D eigenvalue weighted by molar-refractivity contribution is -0.141. The van der Waals surface area contributed by atoms with Crippen LogP contribution in [0.3, 0.4) is 0 Å². The number of benzene rings is 3. The van der Waals surface area contributed by atoms with Crippen LogP contribution in [0.4, 0.5) is 5.69 Å². The topological polar surface area (TPSA) is 86.8 Å². The summed E-state index contributed by atoms with van der Waals surface area (Å²) in [6.45, 7) is 0.363. The summed E-state index contributed by atoms with van der Waals surface area (Å²) in [5, 5.41) is 3.12. The van der Waals surface area contributed by atoms with E-state index in [2.05, 4.69) is 5.32 Å². The second-order valence-corrected chi connectivity index (χ2v) is 11.1. The molecular weight excluding hydrogens is 510 g/mol. The monoisotopic (exact) mass is 541 g/mol. The van der Waals surface area contributed by atoms with Crippen LogP contribution in [0.1, 0.15) is 24.0 Å². The highest BCUT2D eigenvalue weighted by molar-refractivity contribution is 7.92. The third-order valence-electron chi connectivity index (χ3n) is 5.96. The maximum Gasteiger partial charge on any atom is 0.242 e. The van der Waals surface area contributed by atoms with Gasteiger partial charge in [0.05, 0.1) is 11.9 Å². The van der Waals surface area contributed by atoms with Crippen molar-refractivity contribution in [1.29, 1.82) is 0 Å². The summed E-state index contributed by atoms with van der Waals surface area (Å²) >= 11 is 6.07. The minimum absolute atomic E-state index is 0.0711. The number of rotatable bonds is 12. The molecule has 1 unspecified atom stereocenters. The molecule has 37 heavy (non-hydrogen) atoms. The average molecular weight is 542 g/mol. The van der Waals surface area contributed by atoms with E-state index in [4.69, 9.17) is 11.6 Å². The van der Waals surface area contributed by atoms with Crippen LogP contribution in [0.25, 0.3) is 0 Å². The molecule has 0 saturated heterocycles. The van der Waals surface area contributed by atoms with Gasteiger partial charge in [-0.15, -0.1) is 0 Å². The van der Waals surface area contributed by atoms with E-state index in [1.807, 2.05) is 60.7 Å². The van der Waals surface area contributed by atoms with Crippen LogP contribution in [0.5, 0.6) is 0 Å². The molecule has 9 heteroatoms. The first-order valence-electron chi connectivity index (χ1n) is 12.0. The summed E-state index contributed by atoms with van der Waals surface area (Å²) in [5.41, 5.74) is 2.27. The molecule has 2 amide bonds. The molecule has 0 radical (unpaired) electrons. The number of halogens is 1. The molecule has 0 aliphatic heterocycles. The van der Waals surface area contributed by atoms with Gasteiger partial charge in [-0.2, -0.15) is 0 Å². The van der Waals surface area contributed by atoms with E-state index in [1.54, 1.807) is 36.2 Å². The van der Waals surface area contributed by atoms with E-state index in [-0.39, 0.29) is 37.7 Å². The fraction of sp³-hybridized carbons (Fsp3) is 0.286. The number of sulfonamides is 1. The molecular formula is C28H32ClN3O4S. The van der Waals surface area contributed by atoms with Crippen molar-refractivity contribution in [3.8, 4) is 0 Å². The maximum absolute atomic E-state index is 13.6. The highest BCUT2D eigenvalue weighted by Crippen LogP contribution is 2.23. The van der Waals surface area contributed by atoms with Gasteiger partial charge in [-0.05, 0) is 35.7 Å². The number of nitrogens with one attached hydrogen (secondary N) is 1. The summed E-state index contributed by atoms with van der Waals surface area (Å²) < 4.78 is 26.2. The molecule has 196 valence electrons. The van der Waals surface area contributed by atoms with Crippen LogP contribution in [-0.4, -0.2) is 51.0 Å². The first-order chi connectivity index (χ1) is 17.7. The summed E-state index contributed by atoms with van der Waals surface area (Å²) in [7, 11) is -2.03. The molecule has 0 saturated carbocycles. The number of amides is 2. The van der Waals surface area contributed by atoms with Crippen molar-refractivity contribution in [2.45, 2.75) is 31.8 Å². The van der Waals surface area contributed by atoms with E-state index < -0.39 is 16.1 Å². The average Bonchev–Trinajstić information content (AvgIpc) is 2.88. The largest absolute Gasteiger partial charge is 0.357 e. The molecule has 3 aromatic rings. The van der Waals surface area contributed by atoms with Gasteiger partial charge in [0.25, 0.3) is 0 Å². The summed E-state index contributed by atoms with van der Waals surface area (Å²) in [4.78, 5) is 28.1.